The van der Waals surface area contributed by atoms with Crippen LogP contribution in [0.4, 0.5) is 0 Å². The van der Waals surface area contributed by atoms with Gasteiger partial charge in [0, 0.05) is 31.7 Å². The zero-order chi connectivity index (χ0) is 14.8. The summed E-state index contributed by atoms with van der Waals surface area (Å²) in [4.78, 5) is 16.9. The van der Waals surface area contributed by atoms with Crippen molar-refractivity contribution in [2.45, 2.75) is 57.2 Å². The molecule has 1 aliphatic carbocycles. The monoisotopic (exact) mass is 282 g/mol. The zero-order valence-corrected chi connectivity index (χ0v) is 13.2. The van der Waals surface area contributed by atoms with Crippen LogP contribution < -0.4 is 11.1 Å². The second kappa shape index (κ2) is 6.41. The number of primary amides is 1. The van der Waals surface area contributed by atoms with Crippen molar-refractivity contribution in [2.75, 3.05) is 33.2 Å². The van der Waals surface area contributed by atoms with Crippen molar-refractivity contribution in [3.8, 4) is 0 Å². The van der Waals surface area contributed by atoms with E-state index in [2.05, 4.69) is 29.1 Å². The second-order valence-corrected chi connectivity index (χ2v) is 6.55. The van der Waals surface area contributed by atoms with E-state index in [4.69, 9.17) is 5.73 Å². The van der Waals surface area contributed by atoms with Crippen LogP contribution in [0.5, 0.6) is 0 Å². The number of carbonyl (C=O) groups is 1. The Morgan fingerprint density at radius 1 is 1.45 bits per heavy atom. The fourth-order valence-electron chi connectivity index (χ4n) is 3.78. The predicted octanol–water partition coefficient (Wildman–Crippen LogP) is 0.399. The van der Waals surface area contributed by atoms with Crippen LogP contribution in [0.25, 0.3) is 0 Å². The number of nitrogens with one attached hydrogen (secondary N) is 1. The maximum absolute atomic E-state index is 11.9. The molecule has 1 aliphatic heterocycles. The molecule has 3 atom stereocenters. The smallest absolute Gasteiger partial charge is 0.237 e. The van der Waals surface area contributed by atoms with Crippen LogP contribution in [0.15, 0.2) is 0 Å². The molecule has 5 heteroatoms. The van der Waals surface area contributed by atoms with Crippen LogP contribution in [-0.4, -0.2) is 66.6 Å². The Morgan fingerprint density at radius 2 is 2.20 bits per heavy atom. The summed E-state index contributed by atoms with van der Waals surface area (Å²) in [5.41, 5.74) is 5.22. The largest absolute Gasteiger partial charge is 0.368 e. The van der Waals surface area contributed by atoms with Crippen LogP contribution in [0.1, 0.15) is 39.5 Å². The van der Waals surface area contributed by atoms with Crippen molar-refractivity contribution in [2.24, 2.45) is 5.73 Å². The fourth-order valence-corrected chi connectivity index (χ4v) is 3.78. The summed E-state index contributed by atoms with van der Waals surface area (Å²) in [6.45, 7) is 8.44. The number of hydrogen-bond acceptors (Lipinski definition) is 4. The van der Waals surface area contributed by atoms with E-state index in [0.717, 1.165) is 45.4 Å². The number of nitrogens with two attached hydrogens (primary N) is 1. The molecule has 0 aromatic rings. The molecule has 0 radical (unpaired) electrons. The number of rotatable bonds is 4. The Bertz CT molecular complexity index is 345. The molecule has 0 aromatic heterocycles. The van der Waals surface area contributed by atoms with Crippen molar-refractivity contribution in [1.82, 2.24) is 15.1 Å². The minimum Gasteiger partial charge on any atom is -0.368 e. The molecule has 116 valence electrons. The lowest BCUT2D eigenvalue weighted by Crippen LogP contribution is -2.62. The van der Waals surface area contributed by atoms with Gasteiger partial charge < -0.3 is 16.0 Å². The molecule has 1 amide bonds. The lowest BCUT2D eigenvalue weighted by atomic mass is 9.77. The molecule has 2 fully saturated rings. The quantitative estimate of drug-likeness (QED) is 0.783. The van der Waals surface area contributed by atoms with E-state index >= 15 is 0 Å². The maximum Gasteiger partial charge on any atom is 0.237 e. The maximum atomic E-state index is 11.9. The van der Waals surface area contributed by atoms with Gasteiger partial charge in [-0.25, -0.2) is 0 Å². The standard InChI is InChI=1S/C15H30N4O/c1-4-17-15(14(16)20)7-5-6-13(10-15)19-9-8-18(3)12(2)11-19/h12-13,17H,4-11H2,1-3H3,(H2,16,20). The van der Waals surface area contributed by atoms with Gasteiger partial charge >= 0.3 is 0 Å². The number of nitrogens with zero attached hydrogens (tertiary/aromatic N) is 2. The number of hydrogen-bond donors (Lipinski definition) is 2. The van der Waals surface area contributed by atoms with Crippen LogP contribution in [0.2, 0.25) is 0 Å². The second-order valence-electron chi connectivity index (χ2n) is 6.55. The van der Waals surface area contributed by atoms with Gasteiger partial charge in [0.1, 0.15) is 0 Å². The van der Waals surface area contributed by atoms with Crippen molar-refractivity contribution in [1.29, 1.82) is 0 Å². The molecule has 1 saturated heterocycles. The summed E-state index contributed by atoms with van der Waals surface area (Å²) in [6, 6.07) is 1.08. The average molecular weight is 282 g/mol. The van der Waals surface area contributed by atoms with Gasteiger partial charge in [-0.2, -0.15) is 0 Å². The molecule has 5 nitrogen and oxygen atoms in total. The van der Waals surface area contributed by atoms with Gasteiger partial charge in [-0.3, -0.25) is 9.69 Å². The van der Waals surface area contributed by atoms with Gasteiger partial charge in [-0.1, -0.05) is 6.92 Å². The van der Waals surface area contributed by atoms with E-state index in [1.165, 1.54) is 6.42 Å². The van der Waals surface area contributed by atoms with Gasteiger partial charge in [0.25, 0.3) is 0 Å². The molecule has 0 spiro atoms. The fraction of sp³-hybridized carbons (Fsp3) is 0.933. The minimum absolute atomic E-state index is 0.175. The summed E-state index contributed by atoms with van der Waals surface area (Å²) >= 11 is 0. The van der Waals surface area contributed by atoms with E-state index in [1.54, 1.807) is 0 Å². The van der Waals surface area contributed by atoms with Crippen LogP contribution in [0.3, 0.4) is 0 Å². The number of likely N-dealkylation sites (N-methyl/N-ethyl adjacent to an activating group) is 2. The van der Waals surface area contributed by atoms with Crippen LogP contribution >= 0.6 is 0 Å². The Kier molecular flexibility index (Phi) is 5.04. The molecule has 0 bridgehead atoms. The first-order valence-corrected chi connectivity index (χ1v) is 7.97. The molecular weight excluding hydrogens is 252 g/mol. The lowest BCUT2D eigenvalue weighted by molar-refractivity contribution is -0.127. The molecular formula is C15H30N4O. The lowest BCUT2D eigenvalue weighted by Gasteiger charge is -2.47. The van der Waals surface area contributed by atoms with E-state index < -0.39 is 5.54 Å². The first-order chi connectivity index (χ1) is 9.48. The Balaban J connectivity index is 2.04. The summed E-state index contributed by atoms with van der Waals surface area (Å²) < 4.78 is 0. The first-order valence-electron chi connectivity index (χ1n) is 7.97. The van der Waals surface area contributed by atoms with Crippen LogP contribution in [0, 0.1) is 0 Å². The van der Waals surface area contributed by atoms with Gasteiger partial charge in [-0.05, 0) is 46.2 Å². The van der Waals surface area contributed by atoms with Gasteiger partial charge in [-0.15, -0.1) is 0 Å². The summed E-state index contributed by atoms with van der Waals surface area (Å²) in [5.74, 6) is -0.175. The zero-order valence-electron chi connectivity index (χ0n) is 13.2. The average Bonchev–Trinajstić information content (AvgIpc) is 2.42. The third-order valence-electron chi connectivity index (χ3n) is 5.22. The molecule has 1 saturated carbocycles. The highest BCUT2D eigenvalue weighted by atomic mass is 16.1. The minimum atomic E-state index is -0.482. The SMILES string of the molecule is CCNC1(C(N)=O)CCCC(N2CCN(C)C(C)C2)C1. The molecule has 0 aromatic carbocycles. The van der Waals surface area contributed by atoms with E-state index in [0.29, 0.717) is 12.1 Å². The van der Waals surface area contributed by atoms with Gasteiger partial charge in [0.05, 0.1) is 5.54 Å². The third-order valence-corrected chi connectivity index (χ3v) is 5.22. The topological polar surface area (TPSA) is 61.6 Å². The molecule has 3 unspecified atom stereocenters. The number of piperazine rings is 1. The van der Waals surface area contributed by atoms with Gasteiger partial charge in [0.15, 0.2) is 0 Å². The van der Waals surface area contributed by atoms with Crippen molar-refractivity contribution in [3.05, 3.63) is 0 Å². The van der Waals surface area contributed by atoms with E-state index in [-0.39, 0.29) is 5.91 Å². The Morgan fingerprint density at radius 3 is 2.80 bits per heavy atom. The Hall–Kier alpha value is -0.650. The van der Waals surface area contributed by atoms with Crippen molar-refractivity contribution < 1.29 is 4.79 Å². The highest BCUT2D eigenvalue weighted by Crippen LogP contribution is 2.32. The summed E-state index contributed by atoms with van der Waals surface area (Å²) in [5, 5.41) is 3.37. The van der Waals surface area contributed by atoms with Crippen molar-refractivity contribution >= 4 is 5.91 Å². The molecule has 3 N–H and O–H groups in total. The van der Waals surface area contributed by atoms with E-state index in [1.807, 2.05) is 6.92 Å². The normalized spacial score (nSPS) is 37.0. The van der Waals surface area contributed by atoms with Crippen LogP contribution in [-0.2, 0) is 4.79 Å². The summed E-state index contributed by atoms with van der Waals surface area (Å²) in [6.07, 6.45) is 4.03. The predicted molar refractivity (Wildman–Crippen MR) is 81.5 cm³/mol. The van der Waals surface area contributed by atoms with Crippen molar-refractivity contribution in [3.63, 3.8) is 0 Å². The van der Waals surface area contributed by atoms with E-state index in [9.17, 15) is 4.79 Å². The highest BCUT2D eigenvalue weighted by molar-refractivity contribution is 5.84. The highest BCUT2D eigenvalue weighted by Gasteiger charge is 2.42. The molecule has 2 rings (SSSR count). The number of carbonyl (C=O) groups excluding carboxylic acids is 1. The molecule has 20 heavy (non-hydrogen) atoms. The summed E-state index contributed by atoms with van der Waals surface area (Å²) in [7, 11) is 2.19. The Labute approximate surface area is 122 Å². The van der Waals surface area contributed by atoms with Gasteiger partial charge in [0.2, 0.25) is 5.91 Å². The molecule has 2 aliphatic rings. The number of amides is 1. The third kappa shape index (κ3) is 3.15. The first kappa shape index (κ1) is 15.7. The molecule has 1 heterocycles.